The highest BCUT2D eigenvalue weighted by atomic mass is 19.2. The molecule has 1 saturated carbocycles. The van der Waals surface area contributed by atoms with Gasteiger partial charge in [0.1, 0.15) is 0 Å². The Balaban J connectivity index is 1.26. The second-order valence-electron chi connectivity index (χ2n) is 10.1. The number of amides is 1. The third-order valence-electron chi connectivity index (χ3n) is 7.55. The van der Waals surface area contributed by atoms with Gasteiger partial charge < -0.3 is 10.4 Å². The number of carbonyl (C=O) groups excluding carboxylic acids is 1. The molecule has 1 amide bonds. The first-order valence-corrected chi connectivity index (χ1v) is 12.5. The van der Waals surface area contributed by atoms with Crippen molar-refractivity contribution >= 4 is 5.91 Å². The molecule has 1 aliphatic carbocycles. The number of carbonyl (C=O) groups is 1. The zero-order valence-corrected chi connectivity index (χ0v) is 20.3. The van der Waals surface area contributed by atoms with Gasteiger partial charge in [0, 0.05) is 18.9 Å². The Morgan fingerprint density at radius 1 is 1.03 bits per heavy atom. The number of halogens is 3. The number of rotatable bonds is 8. The molecule has 3 aromatic rings. The lowest BCUT2D eigenvalue weighted by molar-refractivity contribution is -0.128. The van der Waals surface area contributed by atoms with Crippen LogP contribution in [0.2, 0.25) is 0 Å². The van der Waals surface area contributed by atoms with Crippen molar-refractivity contribution in [1.82, 2.24) is 20.2 Å². The highest BCUT2D eigenvalue weighted by Crippen LogP contribution is 2.45. The number of aliphatic hydroxyl groups is 1. The third-order valence-corrected chi connectivity index (χ3v) is 7.55. The van der Waals surface area contributed by atoms with Crippen LogP contribution in [0.5, 0.6) is 0 Å². The molecule has 1 saturated heterocycles. The number of aromatic nitrogens is 2. The topological polar surface area (TPSA) is 78.4 Å². The maximum absolute atomic E-state index is 14.0. The van der Waals surface area contributed by atoms with Crippen LogP contribution in [0.3, 0.4) is 0 Å². The SMILES string of the molecule is O=C(NC(c1ccc(F)c(F)c1)c1ccc(CN2CCC(c3ccc(F)nc3)CC2)cn1)C1(CO)CC1. The molecule has 0 radical (unpaired) electrons. The van der Waals surface area contributed by atoms with E-state index >= 15 is 0 Å². The van der Waals surface area contributed by atoms with Crippen molar-refractivity contribution in [3.63, 3.8) is 0 Å². The van der Waals surface area contributed by atoms with E-state index in [-0.39, 0.29) is 12.5 Å². The monoisotopic (exact) mass is 510 g/mol. The smallest absolute Gasteiger partial charge is 0.229 e. The minimum atomic E-state index is -1.00. The molecule has 0 bridgehead atoms. The van der Waals surface area contributed by atoms with Gasteiger partial charge in [-0.3, -0.25) is 14.7 Å². The van der Waals surface area contributed by atoms with Crippen LogP contribution in [0.15, 0.2) is 54.9 Å². The molecule has 6 nitrogen and oxygen atoms in total. The van der Waals surface area contributed by atoms with Gasteiger partial charge >= 0.3 is 0 Å². The molecule has 9 heteroatoms. The summed E-state index contributed by atoms with van der Waals surface area (Å²) in [4.78, 5) is 23.5. The average molecular weight is 511 g/mol. The maximum atomic E-state index is 14.0. The van der Waals surface area contributed by atoms with Crippen molar-refractivity contribution in [2.24, 2.45) is 5.41 Å². The van der Waals surface area contributed by atoms with E-state index in [1.54, 1.807) is 24.5 Å². The molecule has 2 N–H and O–H groups in total. The van der Waals surface area contributed by atoms with Crippen LogP contribution in [0.4, 0.5) is 13.2 Å². The van der Waals surface area contributed by atoms with Crippen LogP contribution in [0, 0.1) is 23.0 Å². The highest BCUT2D eigenvalue weighted by molar-refractivity contribution is 5.86. The lowest BCUT2D eigenvalue weighted by Crippen LogP contribution is -2.37. The van der Waals surface area contributed by atoms with Gasteiger partial charge in [-0.1, -0.05) is 18.2 Å². The van der Waals surface area contributed by atoms with Gasteiger partial charge in [0.2, 0.25) is 11.9 Å². The van der Waals surface area contributed by atoms with E-state index in [2.05, 4.69) is 20.2 Å². The Labute approximate surface area is 213 Å². The first kappa shape index (κ1) is 25.4. The van der Waals surface area contributed by atoms with Gasteiger partial charge in [-0.25, -0.2) is 13.8 Å². The van der Waals surface area contributed by atoms with E-state index in [9.17, 15) is 23.1 Å². The summed E-state index contributed by atoms with van der Waals surface area (Å²) in [5.41, 5.74) is 2.12. The number of nitrogens with one attached hydrogen (secondary N) is 1. The zero-order chi connectivity index (χ0) is 26.0. The van der Waals surface area contributed by atoms with Crippen LogP contribution in [-0.4, -0.2) is 45.6 Å². The summed E-state index contributed by atoms with van der Waals surface area (Å²) in [6.45, 7) is 2.22. The minimum Gasteiger partial charge on any atom is -0.395 e. The summed E-state index contributed by atoms with van der Waals surface area (Å²) >= 11 is 0. The van der Waals surface area contributed by atoms with Gasteiger partial charge in [-0.2, -0.15) is 4.39 Å². The van der Waals surface area contributed by atoms with E-state index in [0.29, 0.717) is 36.6 Å². The summed E-state index contributed by atoms with van der Waals surface area (Å²) < 4.78 is 40.7. The molecule has 0 spiro atoms. The normalized spacial score (nSPS) is 18.4. The zero-order valence-electron chi connectivity index (χ0n) is 20.3. The fourth-order valence-corrected chi connectivity index (χ4v) is 4.92. The van der Waals surface area contributed by atoms with Gasteiger partial charge in [0.05, 0.1) is 23.8 Å². The number of aliphatic hydroxyl groups excluding tert-OH is 1. The summed E-state index contributed by atoms with van der Waals surface area (Å²) in [5.74, 6) is -2.40. The fraction of sp³-hybridized carbons (Fsp3) is 0.393. The molecule has 2 aromatic heterocycles. The van der Waals surface area contributed by atoms with E-state index in [4.69, 9.17) is 0 Å². The quantitative estimate of drug-likeness (QED) is 0.443. The molecule has 1 unspecified atom stereocenters. The largest absolute Gasteiger partial charge is 0.395 e. The number of likely N-dealkylation sites (tertiary alicyclic amines) is 1. The number of pyridine rings is 2. The first-order valence-electron chi connectivity index (χ1n) is 12.5. The van der Waals surface area contributed by atoms with Crippen molar-refractivity contribution in [2.75, 3.05) is 19.7 Å². The molecular weight excluding hydrogens is 481 g/mol. The Hall–Kier alpha value is -3.30. The molecule has 5 rings (SSSR count). The van der Waals surface area contributed by atoms with E-state index < -0.39 is 29.0 Å². The fourth-order valence-electron chi connectivity index (χ4n) is 4.92. The van der Waals surface area contributed by atoms with Crippen molar-refractivity contribution in [1.29, 1.82) is 0 Å². The average Bonchev–Trinajstić information content (AvgIpc) is 3.72. The molecule has 37 heavy (non-hydrogen) atoms. The number of hydrogen-bond acceptors (Lipinski definition) is 5. The van der Waals surface area contributed by atoms with E-state index in [0.717, 1.165) is 49.2 Å². The van der Waals surface area contributed by atoms with Crippen molar-refractivity contribution in [3.05, 3.63) is 94.8 Å². The van der Waals surface area contributed by atoms with Crippen molar-refractivity contribution in [2.45, 2.75) is 44.2 Å². The van der Waals surface area contributed by atoms with Crippen LogP contribution in [0.25, 0.3) is 0 Å². The molecule has 1 atom stereocenters. The molecule has 1 aromatic carbocycles. The van der Waals surface area contributed by atoms with Crippen LogP contribution in [-0.2, 0) is 11.3 Å². The Morgan fingerprint density at radius 3 is 2.41 bits per heavy atom. The highest BCUT2D eigenvalue weighted by Gasteiger charge is 2.50. The number of hydrogen-bond donors (Lipinski definition) is 2. The van der Waals surface area contributed by atoms with Gasteiger partial charge in [0.15, 0.2) is 11.6 Å². The standard InChI is InChI=1S/C28H29F3N4O2/c29-22-4-2-20(13-23(22)30)26(34-27(37)28(17-36)9-10-28)24-5-1-18(14-32-24)16-35-11-7-19(8-12-35)21-3-6-25(31)33-15-21/h1-6,13-15,19,26,36H,7-12,16-17H2,(H,34,37). The molecule has 2 aliphatic rings. The summed E-state index contributed by atoms with van der Waals surface area (Å²) in [5, 5.41) is 12.5. The van der Waals surface area contributed by atoms with Gasteiger partial charge in [0.25, 0.3) is 0 Å². The van der Waals surface area contributed by atoms with Crippen molar-refractivity contribution in [3.8, 4) is 0 Å². The predicted octanol–water partition coefficient (Wildman–Crippen LogP) is 4.25. The number of nitrogens with zero attached hydrogens (tertiary/aromatic N) is 3. The molecule has 1 aliphatic heterocycles. The predicted molar refractivity (Wildman–Crippen MR) is 131 cm³/mol. The van der Waals surface area contributed by atoms with Crippen molar-refractivity contribution < 1.29 is 23.1 Å². The number of piperidine rings is 1. The minimum absolute atomic E-state index is 0.260. The van der Waals surface area contributed by atoms with Crippen LogP contribution >= 0.6 is 0 Å². The van der Waals surface area contributed by atoms with E-state index in [1.807, 2.05) is 6.07 Å². The number of benzene rings is 1. The second-order valence-corrected chi connectivity index (χ2v) is 10.1. The first-order chi connectivity index (χ1) is 17.9. The van der Waals surface area contributed by atoms with Gasteiger partial charge in [-0.15, -0.1) is 0 Å². The Bertz CT molecular complexity index is 1240. The lowest BCUT2D eigenvalue weighted by atomic mass is 9.90. The lowest BCUT2D eigenvalue weighted by Gasteiger charge is -2.32. The molecule has 3 heterocycles. The summed E-state index contributed by atoms with van der Waals surface area (Å²) in [6.07, 6.45) is 6.43. The maximum Gasteiger partial charge on any atom is 0.229 e. The Kier molecular flexibility index (Phi) is 7.26. The third kappa shape index (κ3) is 5.67. The Morgan fingerprint density at radius 2 is 1.81 bits per heavy atom. The molecular formula is C28H29F3N4O2. The van der Waals surface area contributed by atoms with E-state index in [1.165, 1.54) is 12.1 Å². The van der Waals surface area contributed by atoms with Gasteiger partial charge in [-0.05, 0) is 85.6 Å². The van der Waals surface area contributed by atoms with Crippen LogP contribution in [0.1, 0.15) is 60.0 Å². The second kappa shape index (κ2) is 10.6. The molecule has 194 valence electrons. The summed E-state index contributed by atoms with van der Waals surface area (Å²) in [7, 11) is 0. The summed E-state index contributed by atoms with van der Waals surface area (Å²) in [6, 6.07) is 9.67. The van der Waals surface area contributed by atoms with Crippen LogP contribution < -0.4 is 5.32 Å². The molecule has 2 fully saturated rings.